The first-order chi connectivity index (χ1) is 27.8. The Kier molecular flexibility index (Phi) is 10.5. The Bertz CT molecular complexity index is 2420. The zero-order chi connectivity index (χ0) is 40.9. The number of imide groups is 1. The van der Waals surface area contributed by atoms with Gasteiger partial charge in [-0.3, -0.25) is 33.5 Å². The zero-order valence-corrected chi connectivity index (χ0v) is 32.7. The molecular formula is C42H47F3N8O5. The minimum Gasteiger partial charge on any atom is -0.494 e. The lowest BCUT2D eigenvalue weighted by Crippen LogP contribution is -2.45. The Labute approximate surface area is 332 Å². The number of ether oxygens (including phenoxy) is 1. The van der Waals surface area contributed by atoms with Crippen molar-refractivity contribution in [1.29, 1.82) is 0 Å². The maximum absolute atomic E-state index is 13.4. The van der Waals surface area contributed by atoms with E-state index in [1.807, 2.05) is 29.1 Å². The van der Waals surface area contributed by atoms with Crippen molar-refractivity contribution in [1.82, 2.24) is 29.1 Å². The van der Waals surface area contributed by atoms with Crippen LogP contribution in [0.25, 0.3) is 21.9 Å². The fourth-order valence-electron chi connectivity index (χ4n) is 9.13. The predicted octanol–water partition coefficient (Wildman–Crippen LogP) is 6.28. The largest absolute Gasteiger partial charge is 0.494 e. The van der Waals surface area contributed by atoms with E-state index in [1.165, 1.54) is 11.7 Å². The summed E-state index contributed by atoms with van der Waals surface area (Å²) in [6, 6.07) is 13.4. The summed E-state index contributed by atoms with van der Waals surface area (Å²) in [6.07, 6.45) is 4.08. The van der Waals surface area contributed by atoms with E-state index in [0.717, 1.165) is 105 Å². The van der Waals surface area contributed by atoms with Crippen molar-refractivity contribution in [2.24, 2.45) is 13.0 Å². The number of hydrogen-bond donors (Lipinski definition) is 2. The highest BCUT2D eigenvalue weighted by Crippen LogP contribution is 2.37. The zero-order valence-electron chi connectivity index (χ0n) is 32.7. The molecule has 3 aromatic carbocycles. The second kappa shape index (κ2) is 15.6. The smallest absolute Gasteiger partial charge is 0.416 e. The van der Waals surface area contributed by atoms with Crippen LogP contribution in [0.15, 0.2) is 65.6 Å². The van der Waals surface area contributed by atoms with Crippen LogP contribution in [0.4, 0.5) is 24.5 Å². The first kappa shape index (κ1) is 39.2. The van der Waals surface area contributed by atoms with Gasteiger partial charge in [0.1, 0.15) is 11.8 Å². The number of benzene rings is 3. The molecule has 306 valence electrons. The average molecular weight is 801 g/mol. The van der Waals surface area contributed by atoms with E-state index in [1.54, 1.807) is 23.7 Å². The number of imidazole rings is 1. The summed E-state index contributed by atoms with van der Waals surface area (Å²) in [5.74, 6) is -0.327. The molecule has 1 aliphatic carbocycles. The minimum absolute atomic E-state index is 0.0992. The molecule has 3 aliphatic rings. The van der Waals surface area contributed by atoms with Gasteiger partial charge in [0.2, 0.25) is 11.8 Å². The van der Waals surface area contributed by atoms with Crippen LogP contribution in [-0.4, -0.2) is 81.4 Å². The molecule has 13 nitrogen and oxygen atoms in total. The van der Waals surface area contributed by atoms with Crippen molar-refractivity contribution >= 4 is 51.0 Å². The second-order valence-corrected chi connectivity index (χ2v) is 15.9. The molecule has 3 amide bonds. The van der Waals surface area contributed by atoms with E-state index in [0.29, 0.717) is 35.3 Å². The summed E-state index contributed by atoms with van der Waals surface area (Å²) in [6.45, 7) is 2.70. The number of aromatic nitrogens is 4. The summed E-state index contributed by atoms with van der Waals surface area (Å²) in [5.41, 5.74) is 2.62. The highest BCUT2D eigenvalue weighted by Gasteiger charge is 2.34. The van der Waals surface area contributed by atoms with Gasteiger partial charge in [-0.1, -0.05) is 6.07 Å². The van der Waals surface area contributed by atoms with Crippen LogP contribution in [0.3, 0.4) is 0 Å². The topological polar surface area (TPSA) is 136 Å². The van der Waals surface area contributed by atoms with Crippen LogP contribution in [0.5, 0.6) is 5.75 Å². The van der Waals surface area contributed by atoms with E-state index in [9.17, 15) is 32.3 Å². The number of piperidine rings is 2. The summed E-state index contributed by atoms with van der Waals surface area (Å²) in [7, 11) is 5.45. The third kappa shape index (κ3) is 7.56. The number of nitrogens with one attached hydrogen (secondary N) is 2. The lowest BCUT2D eigenvalue weighted by atomic mass is 9.85. The molecule has 0 spiro atoms. The number of aryl methyl sites for hydroxylation is 1. The molecule has 16 heteroatoms. The molecule has 0 radical (unpaired) electrons. The molecule has 2 aliphatic heterocycles. The van der Waals surface area contributed by atoms with Crippen LogP contribution < -0.4 is 26.0 Å². The monoisotopic (exact) mass is 800 g/mol. The van der Waals surface area contributed by atoms with E-state index < -0.39 is 29.6 Å². The number of carbonyl (C=O) groups excluding carboxylic acids is 3. The van der Waals surface area contributed by atoms with Gasteiger partial charge in [-0.2, -0.15) is 18.3 Å². The third-order valence-electron chi connectivity index (χ3n) is 12.3. The van der Waals surface area contributed by atoms with Gasteiger partial charge in [0.25, 0.3) is 5.91 Å². The van der Waals surface area contributed by atoms with Crippen LogP contribution in [0, 0.1) is 5.92 Å². The number of para-hydroxylation sites is 1. The molecule has 8 rings (SSSR count). The Morgan fingerprint density at radius 2 is 1.71 bits per heavy atom. The number of hydrogen-bond acceptors (Lipinski definition) is 8. The summed E-state index contributed by atoms with van der Waals surface area (Å²) in [5, 5.41) is 10.8. The van der Waals surface area contributed by atoms with Crippen LogP contribution >= 0.6 is 0 Å². The number of carbonyl (C=O) groups is 3. The average Bonchev–Trinajstić information content (AvgIpc) is 3.74. The van der Waals surface area contributed by atoms with Crippen LogP contribution in [-0.2, 0) is 22.8 Å². The van der Waals surface area contributed by atoms with Crippen LogP contribution in [0.1, 0.15) is 79.4 Å². The van der Waals surface area contributed by atoms with Crippen LogP contribution in [0.2, 0.25) is 0 Å². The Morgan fingerprint density at radius 1 is 0.983 bits per heavy atom. The number of methoxy groups -OCH3 is 1. The fraction of sp³-hybridized carbons (Fsp3) is 0.452. The highest BCUT2D eigenvalue weighted by atomic mass is 19.4. The molecule has 4 heterocycles. The van der Waals surface area contributed by atoms with Gasteiger partial charge in [0.05, 0.1) is 46.6 Å². The number of nitrogens with zero attached hydrogens (tertiary/aromatic N) is 6. The lowest BCUT2D eigenvalue weighted by molar-refractivity contribution is -0.138. The lowest BCUT2D eigenvalue weighted by Gasteiger charge is -2.40. The second-order valence-electron chi connectivity index (χ2n) is 15.9. The van der Waals surface area contributed by atoms with Crippen molar-refractivity contribution in [3.8, 4) is 5.75 Å². The van der Waals surface area contributed by atoms with Gasteiger partial charge in [-0.15, -0.1) is 0 Å². The third-order valence-corrected chi connectivity index (χ3v) is 12.3. The molecule has 2 N–H and O–H groups in total. The van der Waals surface area contributed by atoms with E-state index in [-0.39, 0.29) is 29.6 Å². The number of halogens is 3. The molecule has 3 fully saturated rings. The Balaban J connectivity index is 0.860. The van der Waals surface area contributed by atoms with Gasteiger partial charge in [-0.05, 0) is 100 Å². The summed E-state index contributed by atoms with van der Waals surface area (Å²) >= 11 is 0. The summed E-state index contributed by atoms with van der Waals surface area (Å²) < 4.78 is 49.7. The van der Waals surface area contributed by atoms with Gasteiger partial charge in [0.15, 0.2) is 0 Å². The molecule has 2 saturated heterocycles. The molecule has 1 atom stereocenters. The van der Waals surface area contributed by atoms with Crippen molar-refractivity contribution in [2.45, 2.75) is 75.7 Å². The number of anilines is 2. The molecule has 1 unspecified atom stereocenters. The van der Waals surface area contributed by atoms with Crippen molar-refractivity contribution in [3.63, 3.8) is 0 Å². The summed E-state index contributed by atoms with van der Waals surface area (Å²) in [4.78, 5) is 55.7. The molecule has 2 aromatic heterocycles. The molecule has 5 aromatic rings. The Morgan fingerprint density at radius 3 is 2.38 bits per heavy atom. The Hall–Kier alpha value is -5.64. The van der Waals surface area contributed by atoms with Crippen molar-refractivity contribution < 1.29 is 32.3 Å². The number of alkyl halides is 3. The molecular weight excluding hydrogens is 754 g/mol. The van der Waals surface area contributed by atoms with Crippen molar-refractivity contribution in [2.75, 3.05) is 44.0 Å². The number of rotatable bonds is 9. The van der Waals surface area contributed by atoms with Gasteiger partial charge >= 0.3 is 11.9 Å². The standard InChI is InChI=1S/C42H47F3N8O5/c1-49(29-17-19-51(20-18-29)33-5-4-6-34-38(33)50(2)41(57)53(34)35-15-16-37(54)47-40(35)56)23-25-7-13-30(14-8-25)52-24-27-21-32(36(58-3)22-31(27)48-52)46-39(55)26-9-11-28(12-10-26)42(43,44)45/h4-6,9-12,21-22,24-25,29-30,35H,7-8,13-20,23H2,1-3H3,(H,46,55)(H,47,54,56). The minimum atomic E-state index is -4.49. The van der Waals surface area contributed by atoms with E-state index >= 15 is 0 Å². The predicted molar refractivity (Wildman–Crippen MR) is 213 cm³/mol. The quantitative estimate of drug-likeness (QED) is 0.167. The van der Waals surface area contributed by atoms with Gasteiger partial charge in [-0.25, -0.2) is 4.79 Å². The number of fused-ring (bicyclic) bond motifs is 2. The molecule has 0 bridgehead atoms. The maximum atomic E-state index is 13.4. The number of amides is 3. The fourth-order valence-corrected chi connectivity index (χ4v) is 9.13. The SMILES string of the molecule is COc1cc2nn(C3CCC(CN(C)C4CCN(c5cccc6c5n(C)c(=O)n6C5CCC(=O)NC5=O)CC4)CC3)cc2cc1NC(=O)c1ccc(C(F)(F)F)cc1. The molecule has 1 saturated carbocycles. The van der Waals surface area contributed by atoms with E-state index in [2.05, 4.69) is 27.5 Å². The van der Waals surface area contributed by atoms with E-state index in [4.69, 9.17) is 9.84 Å². The van der Waals surface area contributed by atoms with Gasteiger partial charge in [0, 0.05) is 62.4 Å². The van der Waals surface area contributed by atoms with Crippen molar-refractivity contribution in [3.05, 3.63) is 82.4 Å². The first-order valence-electron chi connectivity index (χ1n) is 19.8. The molecule has 58 heavy (non-hydrogen) atoms. The maximum Gasteiger partial charge on any atom is 0.416 e. The van der Waals surface area contributed by atoms with Gasteiger partial charge < -0.3 is 19.9 Å². The first-order valence-corrected chi connectivity index (χ1v) is 19.8. The highest BCUT2D eigenvalue weighted by molar-refractivity contribution is 6.06. The normalized spacial score (nSPS) is 20.9.